The molecule has 1 amide bonds. The van der Waals surface area contributed by atoms with Gasteiger partial charge in [-0.3, -0.25) is 4.79 Å². The van der Waals surface area contributed by atoms with Crippen LogP contribution in [-0.2, 0) is 9.63 Å². The van der Waals surface area contributed by atoms with Crippen LogP contribution in [0.2, 0.25) is 20.1 Å². The van der Waals surface area contributed by atoms with E-state index in [1.165, 1.54) is 25.3 Å². The highest BCUT2D eigenvalue weighted by Crippen LogP contribution is 2.29. The van der Waals surface area contributed by atoms with Crippen molar-refractivity contribution in [3.05, 3.63) is 67.6 Å². The third kappa shape index (κ3) is 6.11. The zero-order valence-corrected chi connectivity index (χ0v) is 17.7. The highest BCUT2D eigenvalue weighted by molar-refractivity contribution is 6.42. The first kappa shape index (κ1) is 22.5. The summed E-state index contributed by atoms with van der Waals surface area (Å²) in [6.45, 7) is 0.0373. The molecule has 9 heteroatoms. The Morgan fingerprint density at radius 1 is 1.11 bits per heavy atom. The molecule has 2 aromatic rings. The first-order chi connectivity index (χ1) is 13.3. The van der Waals surface area contributed by atoms with E-state index in [0.29, 0.717) is 31.4 Å². The lowest BCUT2D eigenvalue weighted by Crippen LogP contribution is -2.33. The Bertz CT molecular complexity index is 882. The maximum absolute atomic E-state index is 12.4. The largest absolute Gasteiger partial charge is 0.399 e. The zero-order valence-electron chi connectivity index (χ0n) is 14.7. The molecule has 0 saturated heterocycles. The number of hydrogen-bond donors (Lipinski definition) is 1. The molecule has 0 spiro atoms. The number of oxime groups is 1. The molecule has 0 aliphatic heterocycles. The van der Waals surface area contributed by atoms with Gasteiger partial charge in [-0.2, -0.15) is 0 Å². The van der Waals surface area contributed by atoms with Crippen molar-refractivity contribution in [2.45, 2.75) is 12.3 Å². The highest BCUT2D eigenvalue weighted by atomic mass is 35.5. The molecule has 0 fully saturated rings. The summed E-state index contributed by atoms with van der Waals surface area (Å²) in [5.41, 5.74) is 1.46. The Labute approximate surface area is 182 Å². The molecule has 2 rings (SSSR count). The van der Waals surface area contributed by atoms with Crippen LogP contribution < -0.4 is 5.32 Å². The molecular formula is C19H16Cl4N2O3. The van der Waals surface area contributed by atoms with Crippen LogP contribution in [0.5, 0.6) is 0 Å². The maximum Gasteiger partial charge on any atom is 0.251 e. The molecule has 0 radical (unpaired) electrons. The molecule has 5 nitrogen and oxygen atoms in total. The van der Waals surface area contributed by atoms with Gasteiger partial charge < -0.3 is 14.9 Å². The summed E-state index contributed by atoms with van der Waals surface area (Å²) in [6.07, 6.45) is 0.885. The van der Waals surface area contributed by atoms with Gasteiger partial charge in [0.15, 0.2) is 0 Å². The Hall–Kier alpha value is -1.79. The van der Waals surface area contributed by atoms with Crippen LogP contribution >= 0.6 is 46.4 Å². The molecule has 0 heterocycles. The summed E-state index contributed by atoms with van der Waals surface area (Å²) in [5, 5.41) is 8.16. The van der Waals surface area contributed by atoms with Crippen molar-refractivity contribution in [1.82, 2.24) is 5.32 Å². The lowest BCUT2D eigenvalue weighted by atomic mass is 9.91. The van der Waals surface area contributed by atoms with E-state index in [9.17, 15) is 9.59 Å². The van der Waals surface area contributed by atoms with Crippen LogP contribution in [0.3, 0.4) is 0 Å². The first-order valence-corrected chi connectivity index (χ1v) is 9.59. The van der Waals surface area contributed by atoms with Gasteiger partial charge in [0.1, 0.15) is 13.4 Å². The summed E-state index contributed by atoms with van der Waals surface area (Å²) in [5.74, 6) is -0.845. The number of nitrogens with zero attached hydrogens (tertiary/aromatic N) is 1. The van der Waals surface area contributed by atoms with Crippen molar-refractivity contribution in [3.63, 3.8) is 0 Å². The van der Waals surface area contributed by atoms with E-state index in [1.54, 1.807) is 18.2 Å². The van der Waals surface area contributed by atoms with Crippen molar-refractivity contribution in [1.29, 1.82) is 0 Å². The van der Waals surface area contributed by atoms with E-state index in [1.807, 2.05) is 0 Å². The Balaban J connectivity index is 2.24. The number of halogens is 4. The van der Waals surface area contributed by atoms with Gasteiger partial charge in [-0.15, -0.1) is 0 Å². The number of carbonyl (C=O) groups is 2. The minimum Gasteiger partial charge on any atom is -0.399 e. The lowest BCUT2D eigenvalue weighted by molar-refractivity contribution is -0.107. The quantitative estimate of drug-likeness (QED) is 0.325. The summed E-state index contributed by atoms with van der Waals surface area (Å²) in [6, 6.07) is 9.56. The number of rotatable bonds is 8. The fraction of sp³-hybridized carbons (Fsp3) is 0.211. The van der Waals surface area contributed by atoms with E-state index in [4.69, 9.17) is 51.2 Å². The predicted octanol–water partition coefficient (Wildman–Crippen LogP) is 5.41. The minimum atomic E-state index is -0.449. The molecular weight excluding hydrogens is 446 g/mol. The molecule has 1 atom stereocenters. The van der Waals surface area contributed by atoms with Gasteiger partial charge >= 0.3 is 0 Å². The van der Waals surface area contributed by atoms with Crippen LogP contribution in [0.15, 0.2) is 41.6 Å². The van der Waals surface area contributed by atoms with Crippen LogP contribution in [0.4, 0.5) is 0 Å². The summed E-state index contributed by atoms with van der Waals surface area (Å²) < 4.78 is 0. The van der Waals surface area contributed by atoms with Crippen LogP contribution in [-0.4, -0.2) is 31.6 Å². The van der Waals surface area contributed by atoms with E-state index in [0.717, 1.165) is 11.8 Å². The standard InChI is InChI=1S/C19H16Cl4N2O3/c1-28-25-18(10-24-19(27)12-6-13(20)9-14(21)7-12)15(4-5-26)11-2-3-16(22)17(23)8-11/h2-3,5-9,15H,4,10H2,1H3,(H,24,27). The number of aldehydes is 1. The minimum absolute atomic E-state index is 0.0373. The van der Waals surface area contributed by atoms with Gasteiger partial charge in [-0.1, -0.05) is 57.6 Å². The van der Waals surface area contributed by atoms with Crippen LogP contribution in [0, 0.1) is 0 Å². The van der Waals surface area contributed by atoms with E-state index < -0.39 is 11.8 Å². The third-order valence-corrected chi connectivity index (χ3v) is 5.02. The van der Waals surface area contributed by atoms with Gasteiger partial charge in [0.2, 0.25) is 0 Å². The van der Waals surface area contributed by atoms with Crippen molar-refractivity contribution in [2.75, 3.05) is 13.7 Å². The van der Waals surface area contributed by atoms with E-state index in [-0.39, 0.29) is 13.0 Å². The Morgan fingerprint density at radius 3 is 2.36 bits per heavy atom. The topological polar surface area (TPSA) is 67.8 Å². The predicted molar refractivity (Wildman–Crippen MR) is 113 cm³/mol. The molecule has 0 bridgehead atoms. The second kappa shape index (κ2) is 10.7. The van der Waals surface area contributed by atoms with Gasteiger partial charge in [0, 0.05) is 27.9 Å². The lowest BCUT2D eigenvalue weighted by Gasteiger charge is -2.18. The molecule has 0 aliphatic rings. The average molecular weight is 462 g/mol. The molecule has 0 aromatic heterocycles. The Morgan fingerprint density at radius 2 is 1.79 bits per heavy atom. The second-order valence-corrected chi connectivity index (χ2v) is 7.42. The smallest absolute Gasteiger partial charge is 0.251 e. The van der Waals surface area contributed by atoms with E-state index >= 15 is 0 Å². The summed E-state index contributed by atoms with van der Waals surface area (Å²) in [4.78, 5) is 28.6. The van der Waals surface area contributed by atoms with Crippen molar-refractivity contribution < 1.29 is 14.4 Å². The second-order valence-electron chi connectivity index (χ2n) is 5.73. The fourth-order valence-corrected chi connectivity index (χ4v) is 3.42. The highest BCUT2D eigenvalue weighted by Gasteiger charge is 2.21. The average Bonchev–Trinajstić information content (AvgIpc) is 2.64. The van der Waals surface area contributed by atoms with Crippen molar-refractivity contribution in [3.8, 4) is 0 Å². The molecule has 2 aromatic carbocycles. The summed E-state index contributed by atoms with van der Waals surface area (Å²) in [7, 11) is 1.38. The van der Waals surface area contributed by atoms with Crippen LogP contribution in [0.1, 0.15) is 28.3 Å². The van der Waals surface area contributed by atoms with Gasteiger partial charge in [-0.05, 0) is 35.9 Å². The molecule has 148 valence electrons. The maximum atomic E-state index is 12.4. The third-order valence-electron chi connectivity index (χ3n) is 3.84. The van der Waals surface area contributed by atoms with Crippen molar-refractivity contribution in [2.24, 2.45) is 5.16 Å². The molecule has 0 saturated carbocycles. The van der Waals surface area contributed by atoms with Gasteiger partial charge in [-0.25, -0.2) is 0 Å². The van der Waals surface area contributed by atoms with Crippen molar-refractivity contribution >= 4 is 64.3 Å². The summed E-state index contributed by atoms with van der Waals surface area (Å²) >= 11 is 23.9. The number of hydrogen-bond acceptors (Lipinski definition) is 4. The van der Waals surface area contributed by atoms with Gasteiger partial charge in [0.05, 0.1) is 22.3 Å². The SMILES string of the molecule is CON=C(CNC(=O)c1cc(Cl)cc(Cl)c1)C(CC=O)c1ccc(Cl)c(Cl)c1. The first-order valence-electron chi connectivity index (χ1n) is 8.08. The van der Waals surface area contributed by atoms with E-state index in [2.05, 4.69) is 10.5 Å². The monoisotopic (exact) mass is 460 g/mol. The molecule has 1 unspecified atom stereocenters. The molecule has 1 N–H and O–H groups in total. The number of benzene rings is 2. The molecule has 0 aliphatic carbocycles. The normalized spacial score (nSPS) is 12.4. The number of nitrogens with one attached hydrogen (secondary N) is 1. The number of carbonyl (C=O) groups excluding carboxylic acids is 2. The zero-order chi connectivity index (χ0) is 20.7. The molecule has 28 heavy (non-hydrogen) atoms. The number of amides is 1. The fourth-order valence-electron chi connectivity index (χ4n) is 2.58. The van der Waals surface area contributed by atoms with Gasteiger partial charge in [0.25, 0.3) is 5.91 Å². The Kier molecular flexibility index (Phi) is 8.58. The van der Waals surface area contributed by atoms with Crippen LogP contribution in [0.25, 0.3) is 0 Å².